The number of aryl methyl sites for hydroxylation is 1. The molecule has 20 heavy (non-hydrogen) atoms. The maximum absolute atomic E-state index is 12.1. The number of ether oxygens (including phenoxy) is 2. The smallest absolute Gasteiger partial charge is 0.375 e. The van der Waals surface area contributed by atoms with Crippen LogP contribution in [0.3, 0.4) is 0 Å². The molecule has 1 saturated heterocycles. The molecule has 0 unspecified atom stereocenters. The first-order valence-electron chi connectivity index (χ1n) is 6.12. The van der Waals surface area contributed by atoms with Crippen LogP contribution in [0.15, 0.2) is 22.6 Å². The lowest BCUT2D eigenvalue weighted by Crippen LogP contribution is -2.22. The Bertz CT molecular complexity index is 703. The molecule has 1 atom stereocenters. The molecule has 2 heterocycles. The number of rotatable bonds is 2. The first kappa shape index (κ1) is 13.0. The van der Waals surface area contributed by atoms with Gasteiger partial charge >= 0.3 is 11.9 Å². The van der Waals surface area contributed by atoms with Crippen molar-refractivity contribution in [2.24, 2.45) is 0 Å². The molecule has 1 aromatic carbocycles. The van der Waals surface area contributed by atoms with Crippen LogP contribution < -0.4 is 0 Å². The SMILES string of the molecule is Cc1c(C(=O)O[C@@H]2CCOC2=O)oc2ccc(Cl)cc12. The highest BCUT2D eigenvalue weighted by atomic mass is 35.5. The zero-order chi connectivity index (χ0) is 14.3. The lowest BCUT2D eigenvalue weighted by molar-refractivity contribution is -0.145. The maximum Gasteiger partial charge on any atom is 0.375 e. The van der Waals surface area contributed by atoms with Gasteiger partial charge in [0.1, 0.15) is 5.58 Å². The van der Waals surface area contributed by atoms with E-state index in [9.17, 15) is 9.59 Å². The van der Waals surface area contributed by atoms with Crippen LogP contribution in [0.1, 0.15) is 22.5 Å². The maximum atomic E-state index is 12.1. The van der Waals surface area contributed by atoms with Gasteiger partial charge in [0.15, 0.2) is 0 Å². The van der Waals surface area contributed by atoms with E-state index in [1.54, 1.807) is 25.1 Å². The predicted octanol–water partition coefficient (Wildman–Crippen LogP) is 2.87. The van der Waals surface area contributed by atoms with Crippen LogP contribution in [-0.2, 0) is 14.3 Å². The van der Waals surface area contributed by atoms with Gasteiger partial charge in [-0.1, -0.05) is 11.6 Å². The molecule has 1 aromatic heterocycles. The zero-order valence-corrected chi connectivity index (χ0v) is 11.4. The fourth-order valence-electron chi connectivity index (χ4n) is 2.15. The summed E-state index contributed by atoms with van der Waals surface area (Å²) in [5.41, 5.74) is 1.19. The van der Waals surface area contributed by atoms with Gasteiger partial charge in [0.2, 0.25) is 11.9 Å². The number of furan rings is 1. The minimum atomic E-state index is -0.848. The molecule has 1 aliphatic rings. The van der Waals surface area contributed by atoms with E-state index in [4.69, 9.17) is 25.5 Å². The van der Waals surface area contributed by atoms with Gasteiger partial charge in [-0.3, -0.25) is 0 Å². The van der Waals surface area contributed by atoms with Crippen LogP contribution in [0.5, 0.6) is 0 Å². The van der Waals surface area contributed by atoms with Gasteiger partial charge in [0.05, 0.1) is 6.61 Å². The number of hydrogen-bond donors (Lipinski definition) is 0. The first-order valence-corrected chi connectivity index (χ1v) is 6.50. The number of halogens is 1. The number of esters is 2. The number of fused-ring (bicyclic) bond motifs is 1. The van der Waals surface area contributed by atoms with E-state index < -0.39 is 18.0 Å². The van der Waals surface area contributed by atoms with Crippen molar-refractivity contribution in [1.29, 1.82) is 0 Å². The van der Waals surface area contributed by atoms with Crippen molar-refractivity contribution in [2.45, 2.75) is 19.4 Å². The minimum Gasteiger partial charge on any atom is -0.463 e. The fraction of sp³-hybridized carbons (Fsp3) is 0.286. The van der Waals surface area contributed by atoms with Gasteiger partial charge < -0.3 is 13.9 Å². The van der Waals surface area contributed by atoms with E-state index in [0.29, 0.717) is 22.6 Å². The highest BCUT2D eigenvalue weighted by Crippen LogP contribution is 2.28. The number of benzene rings is 1. The van der Waals surface area contributed by atoms with Crippen LogP contribution in [0.4, 0.5) is 0 Å². The fourth-order valence-corrected chi connectivity index (χ4v) is 2.33. The van der Waals surface area contributed by atoms with Gasteiger partial charge in [-0.2, -0.15) is 0 Å². The topological polar surface area (TPSA) is 65.7 Å². The van der Waals surface area contributed by atoms with E-state index in [2.05, 4.69) is 0 Å². The van der Waals surface area contributed by atoms with E-state index >= 15 is 0 Å². The lowest BCUT2D eigenvalue weighted by Gasteiger charge is -2.06. The van der Waals surface area contributed by atoms with E-state index in [1.807, 2.05) is 0 Å². The van der Waals surface area contributed by atoms with Crippen molar-refractivity contribution in [3.8, 4) is 0 Å². The summed E-state index contributed by atoms with van der Waals surface area (Å²) in [5.74, 6) is -1.10. The van der Waals surface area contributed by atoms with Crippen LogP contribution in [0.2, 0.25) is 5.02 Å². The molecule has 1 aliphatic heterocycles. The Hall–Kier alpha value is -2.01. The Morgan fingerprint density at radius 3 is 2.95 bits per heavy atom. The molecule has 0 N–H and O–H groups in total. The Morgan fingerprint density at radius 1 is 1.45 bits per heavy atom. The summed E-state index contributed by atoms with van der Waals surface area (Å²) in [4.78, 5) is 23.4. The molecule has 3 rings (SSSR count). The highest BCUT2D eigenvalue weighted by Gasteiger charge is 2.32. The van der Waals surface area contributed by atoms with Crippen LogP contribution in [-0.4, -0.2) is 24.6 Å². The summed E-state index contributed by atoms with van der Waals surface area (Å²) in [6, 6.07) is 5.08. The average Bonchev–Trinajstić information content (AvgIpc) is 2.95. The minimum absolute atomic E-state index is 0.0852. The molecule has 2 aromatic rings. The first-order chi connectivity index (χ1) is 9.56. The molecule has 1 fully saturated rings. The lowest BCUT2D eigenvalue weighted by atomic mass is 10.1. The second-order valence-electron chi connectivity index (χ2n) is 4.55. The summed E-state index contributed by atoms with van der Waals surface area (Å²) in [7, 11) is 0. The molecule has 6 heteroatoms. The standard InChI is InChI=1S/C14H11ClO5/c1-7-9-6-8(15)2-3-10(9)19-12(7)14(17)20-11-4-5-18-13(11)16/h2-3,6,11H,4-5H2,1H3/t11-/m1/s1. The Morgan fingerprint density at radius 2 is 2.25 bits per heavy atom. The van der Waals surface area contributed by atoms with Crippen molar-refractivity contribution in [2.75, 3.05) is 6.61 Å². The number of hydrogen-bond acceptors (Lipinski definition) is 5. The van der Waals surface area contributed by atoms with Gasteiger partial charge in [-0.05, 0) is 25.1 Å². The zero-order valence-electron chi connectivity index (χ0n) is 10.6. The molecule has 0 spiro atoms. The molecule has 0 aliphatic carbocycles. The normalized spacial score (nSPS) is 18.3. The third-order valence-corrected chi connectivity index (χ3v) is 3.46. The number of carbonyl (C=O) groups is 2. The molecule has 0 amide bonds. The van der Waals surface area contributed by atoms with Crippen molar-refractivity contribution >= 4 is 34.5 Å². The molecule has 0 saturated carbocycles. The van der Waals surface area contributed by atoms with Gasteiger partial charge in [0, 0.05) is 22.4 Å². The van der Waals surface area contributed by atoms with Crippen LogP contribution >= 0.6 is 11.6 Å². The van der Waals surface area contributed by atoms with E-state index in [1.165, 1.54) is 0 Å². The van der Waals surface area contributed by atoms with Crippen molar-refractivity contribution in [3.63, 3.8) is 0 Å². The third-order valence-electron chi connectivity index (χ3n) is 3.22. The summed E-state index contributed by atoms with van der Waals surface area (Å²) < 4.78 is 15.3. The van der Waals surface area contributed by atoms with E-state index in [-0.39, 0.29) is 12.4 Å². The molecule has 0 bridgehead atoms. The number of carbonyl (C=O) groups excluding carboxylic acids is 2. The Kier molecular flexibility index (Phi) is 3.14. The molecular weight excluding hydrogens is 284 g/mol. The summed E-state index contributed by atoms with van der Waals surface area (Å²) in [6.07, 6.45) is -0.478. The molecular formula is C14H11ClO5. The molecule has 0 radical (unpaired) electrons. The Balaban J connectivity index is 1.91. The summed E-state index contributed by atoms with van der Waals surface area (Å²) in [6.45, 7) is 2.01. The second-order valence-corrected chi connectivity index (χ2v) is 4.98. The Labute approximate surface area is 119 Å². The monoisotopic (exact) mass is 294 g/mol. The second kappa shape index (κ2) is 4.83. The summed E-state index contributed by atoms with van der Waals surface area (Å²) >= 11 is 5.92. The van der Waals surface area contributed by atoms with Crippen molar-refractivity contribution in [1.82, 2.24) is 0 Å². The predicted molar refractivity (Wildman–Crippen MR) is 70.7 cm³/mol. The largest absolute Gasteiger partial charge is 0.463 e. The van der Waals surface area contributed by atoms with Crippen molar-refractivity contribution < 1.29 is 23.5 Å². The van der Waals surface area contributed by atoms with Gasteiger partial charge in [-0.15, -0.1) is 0 Å². The van der Waals surface area contributed by atoms with Gasteiger partial charge in [0.25, 0.3) is 0 Å². The van der Waals surface area contributed by atoms with E-state index in [0.717, 1.165) is 5.39 Å². The van der Waals surface area contributed by atoms with Crippen LogP contribution in [0, 0.1) is 6.92 Å². The van der Waals surface area contributed by atoms with Crippen LogP contribution in [0.25, 0.3) is 11.0 Å². The highest BCUT2D eigenvalue weighted by molar-refractivity contribution is 6.31. The quantitative estimate of drug-likeness (QED) is 0.797. The summed E-state index contributed by atoms with van der Waals surface area (Å²) in [5, 5.41) is 1.30. The van der Waals surface area contributed by atoms with Crippen molar-refractivity contribution in [3.05, 3.63) is 34.5 Å². The molecule has 104 valence electrons. The van der Waals surface area contributed by atoms with Gasteiger partial charge in [-0.25, -0.2) is 9.59 Å². The average molecular weight is 295 g/mol. The molecule has 5 nitrogen and oxygen atoms in total. The number of cyclic esters (lactones) is 1. The third kappa shape index (κ3) is 2.14.